The van der Waals surface area contributed by atoms with Crippen LogP contribution in [0.5, 0.6) is 0 Å². The van der Waals surface area contributed by atoms with Crippen molar-refractivity contribution >= 4 is 11.9 Å². The minimum Gasteiger partial charge on any atom is -0.481 e. The van der Waals surface area contributed by atoms with E-state index < -0.39 is 5.97 Å². The fourth-order valence-electron chi connectivity index (χ4n) is 2.76. The Labute approximate surface area is 102 Å². The highest BCUT2D eigenvalue weighted by Gasteiger charge is 2.43. The lowest BCUT2D eigenvalue weighted by atomic mass is 9.97. The molecular formula is C13H21NO3. The predicted octanol–water partition coefficient (Wildman–Crippen LogP) is 1.89. The molecular weight excluding hydrogens is 218 g/mol. The molecule has 1 amide bonds. The van der Waals surface area contributed by atoms with Crippen LogP contribution in [0.4, 0.5) is 0 Å². The topological polar surface area (TPSA) is 57.6 Å². The number of hydrogen-bond acceptors (Lipinski definition) is 2. The summed E-state index contributed by atoms with van der Waals surface area (Å²) < 4.78 is 0. The number of nitrogens with zero attached hydrogens (tertiary/aromatic N) is 1. The van der Waals surface area contributed by atoms with Gasteiger partial charge in [-0.3, -0.25) is 9.59 Å². The predicted molar refractivity (Wildman–Crippen MR) is 63.5 cm³/mol. The summed E-state index contributed by atoms with van der Waals surface area (Å²) in [6.45, 7) is 2.94. The van der Waals surface area contributed by atoms with Crippen LogP contribution in [0.2, 0.25) is 0 Å². The summed E-state index contributed by atoms with van der Waals surface area (Å²) in [4.78, 5) is 24.8. The molecule has 0 aromatic rings. The van der Waals surface area contributed by atoms with Crippen LogP contribution in [-0.4, -0.2) is 34.5 Å². The minimum absolute atomic E-state index is 0.167. The SMILES string of the molecule is CC1CC1C(=O)N1CCCCC1CCC(=O)O. The third-order valence-corrected chi connectivity index (χ3v) is 4.03. The van der Waals surface area contributed by atoms with Crippen LogP contribution in [0.15, 0.2) is 0 Å². The molecule has 1 N–H and O–H groups in total. The third kappa shape index (κ3) is 2.99. The minimum atomic E-state index is -0.761. The van der Waals surface area contributed by atoms with Crippen LogP contribution in [0, 0.1) is 11.8 Å². The van der Waals surface area contributed by atoms with Gasteiger partial charge >= 0.3 is 5.97 Å². The molecule has 96 valence electrons. The van der Waals surface area contributed by atoms with E-state index in [1.54, 1.807) is 0 Å². The van der Waals surface area contributed by atoms with Gasteiger partial charge in [-0.2, -0.15) is 0 Å². The maximum Gasteiger partial charge on any atom is 0.303 e. The van der Waals surface area contributed by atoms with E-state index >= 15 is 0 Å². The lowest BCUT2D eigenvalue weighted by molar-refractivity contribution is -0.140. The Morgan fingerprint density at radius 2 is 2.06 bits per heavy atom. The van der Waals surface area contributed by atoms with Gasteiger partial charge in [0.15, 0.2) is 0 Å². The molecule has 3 atom stereocenters. The summed E-state index contributed by atoms with van der Waals surface area (Å²) in [6.07, 6.45) is 4.96. The number of carboxylic acid groups (broad SMARTS) is 1. The van der Waals surface area contributed by atoms with Crippen molar-refractivity contribution in [3.8, 4) is 0 Å². The van der Waals surface area contributed by atoms with Gasteiger partial charge in [0.2, 0.25) is 5.91 Å². The Bertz CT molecular complexity index is 316. The Morgan fingerprint density at radius 1 is 1.35 bits per heavy atom. The van der Waals surface area contributed by atoms with Gasteiger partial charge in [-0.1, -0.05) is 6.92 Å². The monoisotopic (exact) mass is 239 g/mol. The number of carbonyl (C=O) groups excluding carboxylic acids is 1. The lowest BCUT2D eigenvalue weighted by Gasteiger charge is -2.36. The van der Waals surface area contributed by atoms with E-state index in [0.29, 0.717) is 12.3 Å². The van der Waals surface area contributed by atoms with Crippen LogP contribution in [-0.2, 0) is 9.59 Å². The summed E-state index contributed by atoms with van der Waals surface area (Å²) in [5.41, 5.74) is 0. The van der Waals surface area contributed by atoms with Gasteiger partial charge in [-0.15, -0.1) is 0 Å². The number of hydrogen-bond donors (Lipinski definition) is 1. The Balaban J connectivity index is 1.91. The van der Waals surface area contributed by atoms with Crippen LogP contribution in [0.1, 0.15) is 45.4 Å². The van der Waals surface area contributed by atoms with Gasteiger partial charge in [0.1, 0.15) is 0 Å². The zero-order valence-corrected chi connectivity index (χ0v) is 10.4. The number of piperidine rings is 1. The Kier molecular flexibility index (Phi) is 3.69. The second kappa shape index (κ2) is 5.07. The summed E-state index contributed by atoms with van der Waals surface area (Å²) in [6, 6.07) is 0.167. The molecule has 1 aliphatic heterocycles. The maximum absolute atomic E-state index is 12.2. The first-order valence-electron chi connectivity index (χ1n) is 6.62. The number of carbonyl (C=O) groups is 2. The Morgan fingerprint density at radius 3 is 2.65 bits per heavy atom. The van der Waals surface area contributed by atoms with Crippen LogP contribution < -0.4 is 0 Å². The number of aliphatic carboxylic acids is 1. The number of likely N-dealkylation sites (tertiary alicyclic amines) is 1. The second-order valence-electron chi connectivity index (χ2n) is 5.43. The highest BCUT2D eigenvalue weighted by Crippen LogP contribution is 2.40. The molecule has 0 aromatic heterocycles. The average molecular weight is 239 g/mol. The molecule has 17 heavy (non-hydrogen) atoms. The van der Waals surface area contributed by atoms with E-state index in [2.05, 4.69) is 6.92 Å². The maximum atomic E-state index is 12.2. The summed E-state index contributed by atoms with van der Waals surface area (Å²) >= 11 is 0. The molecule has 1 saturated carbocycles. The van der Waals surface area contributed by atoms with Crippen LogP contribution >= 0.6 is 0 Å². The highest BCUT2D eigenvalue weighted by atomic mass is 16.4. The van der Waals surface area contributed by atoms with Crippen molar-refractivity contribution in [3.63, 3.8) is 0 Å². The summed E-state index contributed by atoms with van der Waals surface area (Å²) in [5, 5.41) is 8.73. The van der Waals surface area contributed by atoms with Crippen LogP contribution in [0.3, 0.4) is 0 Å². The van der Waals surface area contributed by atoms with Crippen molar-refractivity contribution < 1.29 is 14.7 Å². The van der Waals surface area contributed by atoms with Gasteiger partial charge < -0.3 is 10.0 Å². The fraction of sp³-hybridized carbons (Fsp3) is 0.846. The fourth-order valence-corrected chi connectivity index (χ4v) is 2.76. The molecule has 1 heterocycles. The van der Waals surface area contributed by atoms with Crippen molar-refractivity contribution in [3.05, 3.63) is 0 Å². The average Bonchev–Trinajstić information content (AvgIpc) is 3.03. The smallest absolute Gasteiger partial charge is 0.303 e. The van der Waals surface area contributed by atoms with Crippen molar-refractivity contribution in [1.29, 1.82) is 0 Å². The number of rotatable bonds is 4. The molecule has 1 aliphatic carbocycles. The molecule has 0 radical (unpaired) electrons. The van der Waals surface area contributed by atoms with Crippen molar-refractivity contribution in [2.45, 2.75) is 51.5 Å². The molecule has 0 aromatic carbocycles. The van der Waals surface area contributed by atoms with E-state index in [0.717, 1.165) is 32.2 Å². The molecule has 2 fully saturated rings. The quantitative estimate of drug-likeness (QED) is 0.815. The first-order chi connectivity index (χ1) is 8.09. The summed E-state index contributed by atoms with van der Waals surface area (Å²) in [5.74, 6) is 0.264. The van der Waals surface area contributed by atoms with Gasteiger partial charge in [-0.05, 0) is 38.0 Å². The molecule has 0 spiro atoms. The second-order valence-corrected chi connectivity index (χ2v) is 5.43. The standard InChI is InChI=1S/C13H21NO3/c1-9-8-11(9)13(17)14-7-3-2-4-10(14)5-6-12(15)16/h9-11H,2-8H2,1H3,(H,15,16). The molecule has 2 rings (SSSR count). The zero-order chi connectivity index (χ0) is 12.4. The first kappa shape index (κ1) is 12.4. The molecule has 1 saturated heterocycles. The van der Waals surface area contributed by atoms with E-state index in [4.69, 9.17) is 5.11 Å². The van der Waals surface area contributed by atoms with Crippen molar-refractivity contribution in [1.82, 2.24) is 4.90 Å². The third-order valence-electron chi connectivity index (χ3n) is 4.03. The highest BCUT2D eigenvalue weighted by molar-refractivity contribution is 5.82. The lowest BCUT2D eigenvalue weighted by Crippen LogP contribution is -2.44. The van der Waals surface area contributed by atoms with E-state index in [1.807, 2.05) is 4.90 Å². The van der Waals surface area contributed by atoms with E-state index in [9.17, 15) is 9.59 Å². The first-order valence-corrected chi connectivity index (χ1v) is 6.62. The normalized spacial score (nSPS) is 32.3. The van der Waals surface area contributed by atoms with E-state index in [1.165, 1.54) is 0 Å². The number of amides is 1. The molecule has 0 bridgehead atoms. The summed E-state index contributed by atoms with van der Waals surface area (Å²) in [7, 11) is 0. The molecule has 2 aliphatic rings. The molecule has 4 heteroatoms. The van der Waals surface area contributed by atoms with Crippen molar-refractivity contribution in [2.75, 3.05) is 6.54 Å². The largest absolute Gasteiger partial charge is 0.481 e. The van der Waals surface area contributed by atoms with E-state index in [-0.39, 0.29) is 24.3 Å². The Hall–Kier alpha value is -1.06. The van der Waals surface area contributed by atoms with Gasteiger partial charge in [0.25, 0.3) is 0 Å². The number of carboxylic acids is 1. The van der Waals surface area contributed by atoms with Gasteiger partial charge in [-0.25, -0.2) is 0 Å². The molecule has 4 nitrogen and oxygen atoms in total. The van der Waals surface area contributed by atoms with Gasteiger partial charge in [0.05, 0.1) is 0 Å². The van der Waals surface area contributed by atoms with Crippen molar-refractivity contribution in [2.24, 2.45) is 11.8 Å². The zero-order valence-electron chi connectivity index (χ0n) is 10.4. The molecule has 3 unspecified atom stereocenters. The van der Waals surface area contributed by atoms with Crippen LogP contribution in [0.25, 0.3) is 0 Å². The van der Waals surface area contributed by atoms with Gasteiger partial charge in [0, 0.05) is 24.9 Å².